The fraction of sp³-hybridized carbons (Fsp3) is 0.424. The number of amides is 1. The molecule has 0 unspecified atom stereocenters. The number of aliphatic hydroxyl groups excluding tert-OH is 1. The summed E-state index contributed by atoms with van der Waals surface area (Å²) in [6.07, 6.45) is 3.94. The molecule has 0 saturated carbocycles. The second kappa shape index (κ2) is 12.3. The van der Waals surface area contributed by atoms with Crippen LogP contribution in [0.4, 0.5) is 0 Å². The maximum Gasteiger partial charge on any atom is 0.237 e. The summed E-state index contributed by atoms with van der Waals surface area (Å²) < 4.78 is 5.73. The third-order valence-corrected chi connectivity index (χ3v) is 8.52. The second-order valence-corrected chi connectivity index (χ2v) is 10.8. The number of nitrogens with zero attached hydrogens (tertiary/aromatic N) is 2. The quantitative estimate of drug-likeness (QED) is 0.410. The van der Waals surface area contributed by atoms with E-state index in [1.54, 1.807) is 0 Å². The molecule has 3 aromatic carbocycles. The normalized spacial score (nSPS) is 17.7. The third kappa shape index (κ3) is 5.74. The number of carbonyl (C=O) groups is 1. The minimum Gasteiger partial charge on any atom is -0.491 e. The molecular formula is C33H40N2O4. The Balaban J connectivity index is 1.38. The third-order valence-electron chi connectivity index (χ3n) is 8.52. The molecule has 2 heterocycles. The van der Waals surface area contributed by atoms with E-state index in [1.165, 1.54) is 0 Å². The van der Waals surface area contributed by atoms with Crippen molar-refractivity contribution in [1.82, 2.24) is 9.80 Å². The number of benzene rings is 3. The van der Waals surface area contributed by atoms with E-state index in [9.17, 15) is 15.0 Å². The summed E-state index contributed by atoms with van der Waals surface area (Å²) in [7, 11) is 0. The number of hydrogen-bond donors (Lipinski definition) is 2. The molecular weight excluding hydrogens is 488 g/mol. The minimum absolute atomic E-state index is 0.0682. The van der Waals surface area contributed by atoms with Crippen LogP contribution in [0.2, 0.25) is 0 Å². The van der Waals surface area contributed by atoms with Crippen LogP contribution in [0.15, 0.2) is 84.9 Å². The van der Waals surface area contributed by atoms with Gasteiger partial charge in [0.25, 0.3) is 0 Å². The van der Waals surface area contributed by atoms with Crippen molar-refractivity contribution in [2.75, 3.05) is 45.9 Å². The van der Waals surface area contributed by atoms with E-state index in [0.29, 0.717) is 25.0 Å². The second-order valence-electron chi connectivity index (χ2n) is 10.8. The van der Waals surface area contributed by atoms with Gasteiger partial charge in [0.2, 0.25) is 5.91 Å². The molecule has 0 spiro atoms. The van der Waals surface area contributed by atoms with Gasteiger partial charge < -0.3 is 24.7 Å². The van der Waals surface area contributed by atoms with Gasteiger partial charge in [-0.1, -0.05) is 78.9 Å². The zero-order valence-electron chi connectivity index (χ0n) is 22.7. The minimum atomic E-state index is -0.982. The van der Waals surface area contributed by atoms with E-state index in [2.05, 4.69) is 34.1 Å². The molecule has 2 aliphatic rings. The van der Waals surface area contributed by atoms with Gasteiger partial charge in [0, 0.05) is 31.7 Å². The number of para-hydroxylation sites is 1. The predicted octanol–water partition coefficient (Wildman–Crippen LogP) is 4.34. The monoisotopic (exact) mass is 528 g/mol. The van der Waals surface area contributed by atoms with E-state index >= 15 is 0 Å². The fourth-order valence-electron chi connectivity index (χ4n) is 6.32. The van der Waals surface area contributed by atoms with Gasteiger partial charge in [-0.25, -0.2) is 0 Å². The van der Waals surface area contributed by atoms with Crippen molar-refractivity contribution in [2.45, 2.75) is 43.1 Å². The summed E-state index contributed by atoms with van der Waals surface area (Å²) >= 11 is 0. The summed E-state index contributed by atoms with van der Waals surface area (Å²) in [6.45, 7) is 3.96. The van der Waals surface area contributed by atoms with Gasteiger partial charge in [0.1, 0.15) is 17.8 Å². The van der Waals surface area contributed by atoms with Gasteiger partial charge in [-0.3, -0.25) is 4.79 Å². The van der Waals surface area contributed by atoms with Crippen molar-refractivity contribution in [3.05, 3.63) is 102 Å². The molecule has 6 nitrogen and oxygen atoms in total. The Kier molecular flexibility index (Phi) is 8.66. The van der Waals surface area contributed by atoms with Crippen LogP contribution >= 0.6 is 0 Å². The lowest BCUT2D eigenvalue weighted by Crippen LogP contribution is -2.50. The molecule has 0 aliphatic carbocycles. The van der Waals surface area contributed by atoms with Crippen LogP contribution in [0, 0.1) is 0 Å². The van der Waals surface area contributed by atoms with Crippen LogP contribution in [-0.2, 0) is 15.8 Å². The predicted molar refractivity (Wildman–Crippen MR) is 153 cm³/mol. The standard InChI is InChI=1S/C33H40N2O4/c36-25-26-39-30-16-8-7-15-29(30)32(38)17-22-34(23-18-32)24-19-33(27-11-3-1-4-12-27,28-13-5-2-6-14-28)31(37)35-20-9-10-21-35/h1-8,11-16,36,38H,9-10,17-26H2. The van der Waals surface area contributed by atoms with Gasteiger partial charge >= 0.3 is 0 Å². The Labute approximate surface area is 231 Å². The zero-order valence-corrected chi connectivity index (χ0v) is 22.7. The molecule has 0 atom stereocenters. The van der Waals surface area contributed by atoms with E-state index < -0.39 is 11.0 Å². The van der Waals surface area contributed by atoms with Crippen LogP contribution < -0.4 is 4.74 Å². The van der Waals surface area contributed by atoms with Crippen molar-refractivity contribution in [1.29, 1.82) is 0 Å². The van der Waals surface area contributed by atoms with Crippen LogP contribution in [0.1, 0.15) is 48.8 Å². The molecule has 2 fully saturated rings. The topological polar surface area (TPSA) is 73.2 Å². The van der Waals surface area contributed by atoms with Gasteiger partial charge in [-0.15, -0.1) is 0 Å². The van der Waals surface area contributed by atoms with Gasteiger partial charge in [0.15, 0.2) is 0 Å². The van der Waals surface area contributed by atoms with E-state index in [1.807, 2.05) is 60.7 Å². The lowest BCUT2D eigenvalue weighted by Gasteiger charge is -2.42. The van der Waals surface area contributed by atoms with Crippen molar-refractivity contribution < 1.29 is 19.7 Å². The van der Waals surface area contributed by atoms with E-state index in [4.69, 9.17) is 4.74 Å². The van der Waals surface area contributed by atoms with Crippen molar-refractivity contribution in [3.8, 4) is 5.75 Å². The first-order valence-electron chi connectivity index (χ1n) is 14.3. The maximum absolute atomic E-state index is 14.4. The number of ether oxygens (including phenoxy) is 1. The average molecular weight is 529 g/mol. The van der Waals surface area contributed by atoms with E-state index in [0.717, 1.165) is 62.3 Å². The molecule has 1 amide bonds. The number of likely N-dealkylation sites (tertiary alicyclic amines) is 2. The van der Waals surface area contributed by atoms with E-state index in [-0.39, 0.29) is 19.1 Å². The smallest absolute Gasteiger partial charge is 0.237 e. The molecule has 39 heavy (non-hydrogen) atoms. The molecule has 2 aliphatic heterocycles. The number of rotatable bonds is 10. The summed E-state index contributed by atoms with van der Waals surface area (Å²) in [5.41, 5.74) is 1.12. The summed E-state index contributed by atoms with van der Waals surface area (Å²) in [5.74, 6) is 0.826. The molecule has 6 heteroatoms. The molecule has 0 bridgehead atoms. The average Bonchev–Trinajstić information content (AvgIpc) is 3.54. The van der Waals surface area contributed by atoms with Crippen LogP contribution in [0.3, 0.4) is 0 Å². The number of piperidine rings is 1. The Bertz CT molecular complexity index is 1160. The lowest BCUT2D eigenvalue weighted by molar-refractivity contribution is -0.135. The zero-order chi connectivity index (χ0) is 27.1. The fourth-order valence-corrected chi connectivity index (χ4v) is 6.32. The highest BCUT2D eigenvalue weighted by atomic mass is 16.5. The Morgan fingerprint density at radius 1 is 0.821 bits per heavy atom. The highest BCUT2D eigenvalue weighted by molar-refractivity contribution is 5.92. The number of aliphatic hydroxyl groups is 2. The first-order chi connectivity index (χ1) is 19.1. The largest absolute Gasteiger partial charge is 0.491 e. The van der Waals surface area contributed by atoms with Gasteiger partial charge in [-0.2, -0.15) is 0 Å². The van der Waals surface area contributed by atoms with Crippen LogP contribution in [0.25, 0.3) is 0 Å². The molecule has 3 aromatic rings. The Morgan fingerprint density at radius 2 is 1.38 bits per heavy atom. The van der Waals surface area contributed by atoms with Gasteiger partial charge in [0.05, 0.1) is 12.2 Å². The van der Waals surface area contributed by atoms with Crippen LogP contribution in [0.5, 0.6) is 5.75 Å². The van der Waals surface area contributed by atoms with Crippen LogP contribution in [-0.4, -0.2) is 71.9 Å². The molecule has 2 saturated heterocycles. The van der Waals surface area contributed by atoms with Crippen molar-refractivity contribution in [2.24, 2.45) is 0 Å². The summed E-state index contributed by atoms with van der Waals surface area (Å²) in [5, 5.41) is 20.8. The highest BCUT2D eigenvalue weighted by Gasteiger charge is 2.45. The molecule has 2 N–H and O–H groups in total. The molecule has 206 valence electrons. The Morgan fingerprint density at radius 3 is 1.97 bits per heavy atom. The first-order valence-corrected chi connectivity index (χ1v) is 14.3. The van der Waals surface area contributed by atoms with Gasteiger partial charge in [-0.05, 0) is 55.8 Å². The van der Waals surface area contributed by atoms with Crippen molar-refractivity contribution >= 4 is 5.91 Å². The lowest BCUT2D eigenvalue weighted by atomic mass is 9.70. The highest BCUT2D eigenvalue weighted by Crippen LogP contribution is 2.41. The molecule has 5 rings (SSSR count). The van der Waals surface area contributed by atoms with Crippen molar-refractivity contribution in [3.63, 3.8) is 0 Å². The summed E-state index contributed by atoms with van der Waals surface area (Å²) in [4.78, 5) is 18.8. The Hall–Kier alpha value is -3.19. The SMILES string of the molecule is O=C(N1CCCC1)C(CCN1CCC(O)(c2ccccc2OCCO)CC1)(c1ccccc1)c1ccccc1. The first kappa shape index (κ1) is 27.4. The summed E-state index contributed by atoms with van der Waals surface area (Å²) in [6, 6.07) is 28.1. The number of hydrogen-bond acceptors (Lipinski definition) is 5. The molecule has 0 radical (unpaired) electrons. The number of carbonyl (C=O) groups excluding carboxylic acids is 1. The maximum atomic E-state index is 14.4. The molecule has 0 aromatic heterocycles.